The first-order chi connectivity index (χ1) is 3.84. The van der Waals surface area contributed by atoms with Gasteiger partial charge in [0.25, 0.3) is 0 Å². The maximum atomic E-state index is 10.6. The van der Waals surface area contributed by atoms with Crippen molar-refractivity contribution in [3.05, 3.63) is 0 Å². The van der Waals surface area contributed by atoms with E-state index in [9.17, 15) is 4.79 Å². The molecule has 1 heterocycles. The average molecular weight is 116 g/mol. The van der Waals surface area contributed by atoms with Gasteiger partial charge in [-0.1, -0.05) is 0 Å². The standard InChI is InChI=1S/C5H9NO2/c1-8-5(7)4-2-6-3-4/h4,6H,2-3H2,1H3/p+1. The molecule has 0 aromatic heterocycles. The van der Waals surface area contributed by atoms with Crippen LogP contribution >= 0.6 is 0 Å². The molecule has 1 aliphatic rings. The second-order valence-corrected chi connectivity index (χ2v) is 1.98. The van der Waals surface area contributed by atoms with Crippen molar-refractivity contribution < 1.29 is 14.8 Å². The van der Waals surface area contributed by atoms with Gasteiger partial charge in [0.2, 0.25) is 0 Å². The Morgan fingerprint density at radius 1 is 1.75 bits per heavy atom. The number of carbonyl (C=O) groups is 1. The van der Waals surface area contributed by atoms with Gasteiger partial charge in [0.15, 0.2) is 5.92 Å². The number of rotatable bonds is 1. The van der Waals surface area contributed by atoms with Crippen molar-refractivity contribution in [2.24, 2.45) is 5.92 Å². The van der Waals surface area contributed by atoms with E-state index in [1.54, 1.807) is 0 Å². The van der Waals surface area contributed by atoms with Crippen LogP contribution in [0.1, 0.15) is 0 Å². The van der Waals surface area contributed by atoms with Crippen molar-refractivity contribution >= 4 is 5.97 Å². The van der Waals surface area contributed by atoms with E-state index in [1.807, 2.05) is 0 Å². The van der Waals surface area contributed by atoms with Gasteiger partial charge in [0, 0.05) is 0 Å². The summed E-state index contributed by atoms with van der Waals surface area (Å²) in [7, 11) is 1.43. The minimum atomic E-state index is -0.0625. The molecular weight excluding hydrogens is 106 g/mol. The van der Waals surface area contributed by atoms with Crippen LogP contribution in [0.25, 0.3) is 0 Å². The number of hydrogen-bond donors (Lipinski definition) is 1. The lowest BCUT2D eigenvalue weighted by atomic mass is 10.0. The van der Waals surface area contributed by atoms with E-state index >= 15 is 0 Å². The summed E-state index contributed by atoms with van der Waals surface area (Å²) in [6.07, 6.45) is 0. The second-order valence-electron chi connectivity index (χ2n) is 1.98. The molecular formula is C5H10NO2+. The average Bonchev–Trinajstić information content (AvgIpc) is 1.62. The van der Waals surface area contributed by atoms with Gasteiger partial charge in [-0.2, -0.15) is 0 Å². The molecule has 46 valence electrons. The fraction of sp³-hybridized carbons (Fsp3) is 0.800. The predicted molar refractivity (Wildman–Crippen MR) is 27.2 cm³/mol. The summed E-state index contributed by atoms with van der Waals surface area (Å²) in [4.78, 5) is 10.6. The van der Waals surface area contributed by atoms with E-state index in [0.717, 1.165) is 13.1 Å². The number of quaternary nitrogens is 1. The highest BCUT2D eigenvalue weighted by Gasteiger charge is 2.29. The summed E-state index contributed by atoms with van der Waals surface area (Å²) in [5.74, 6) is 0.118. The monoisotopic (exact) mass is 116 g/mol. The fourth-order valence-corrected chi connectivity index (χ4v) is 0.692. The topological polar surface area (TPSA) is 42.9 Å². The third-order valence-electron chi connectivity index (χ3n) is 1.44. The van der Waals surface area contributed by atoms with Crippen molar-refractivity contribution in [2.45, 2.75) is 0 Å². The molecule has 0 amide bonds. The zero-order valence-electron chi connectivity index (χ0n) is 4.89. The third-order valence-corrected chi connectivity index (χ3v) is 1.44. The van der Waals surface area contributed by atoms with Gasteiger partial charge >= 0.3 is 5.97 Å². The highest BCUT2D eigenvalue weighted by molar-refractivity contribution is 5.72. The zero-order valence-corrected chi connectivity index (χ0v) is 4.89. The third kappa shape index (κ3) is 0.816. The van der Waals surface area contributed by atoms with E-state index < -0.39 is 0 Å². The van der Waals surface area contributed by atoms with Crippen molar-refractivity contribution in [3.8, 4) is 0 Å². The number of ether oxygens (including phenoxy) is 1. The van der Waals surface area contributed by atoms with Crippen molar-refractivity contribution in [1.29, 1.82) is 0 Å². The van der Waals surface area contributed by atoms with Crippen molar-refractivity contribution in [1.82, 2.24) is 0 Å². The van der Waals surface area contributed by atoms with E-state index in [-0.39, 0.29) is 11.9 Å². The van der Waals surface area contributed by atoms with Crippen LogP contribution in [-0.2, 0) is 9.53 Å². The molecule has 0 saturated carbocycles. The molecule has 0 aliphatic carbocycles. The first kappa shape index (κ1) is 5.56. The maximum absolute atomic E-state index is 10.6. The smallest absolute Gasteiger partial charge is 0.320 e. The Balaban J connectivity index is 2.24. The SMILES string of the molecule is COC(=O)C1C[NH2+]C1. The second kappa shape index (κ2) is 2.13. The minimum absolute atomic E-state index is 0.0625. The van der Waals surface area contributed by atoms with Crippen LogP contribution < -0.4 is 5.32 Å². The zero-order chi connectivity index (χ0) is 5.98. The first-order valence-electron chi connectivity index (χ1n) is 2.74. The van der Waals surface area contributed by atoms with E-state index in [4.69, 9.17) is 0 Å². The molecule has 3 heteroatoms. The molecule has 8 heavy (non-hydrogen) atoms. The molecule has 0 spiro atoms. The quantitative estimate of drug-likeness (QED) is 0.417. The lowest BCUT2D eigenvalue weighted by molar-refractivity contribution is -0.717. The first-order valence-corrected chi connectivity index (χ1v) is 2.74. The van der Waals surface area contributed by atoms with Crippen LogP contribution in [0.2, 0.25) is 0 Å². The molecule has 2 N–H and O–H groups in total. The highest BCUT2D eigenvalue weighted by Crippen LogP contribution is 1.96. The molecule has 0 radical (unpaired) electrons. The summed E-state index contributed by atoms with van der Waals surface area (Å²) in [6, 6.07) is 0. The largest absolute Gasteiger partial charge is 0.468 e. The molecule has 0 aromatic carbocycles. The van der Waals surface area contributed by atoms with Crippen LogP contribution in [0.3, 0.4) is 0 Å². The Bertz CT molecular complexity index is 98.6. The van der Waals surface area contributed by atoms with Crippen LogP contribution in [-0.4, -0.2) is 26.2 Å². The Morgan fingerprint density at radius 3 is 2.50 bits per heavy atom. The molecule has 1 rings (SSSR count). The Kier molecular flexibility index (Phi) is 1.48. The predicted octanol–water partition coefficient (Wildman–Crippen LogP) is -1.65. The normalized spacial score (nSPS) is 19.6. The highest BCUT2D eigenvalue weighted by atomic mass is 16.5. The maximum Gasteiger partial charge on any atom is 0.320 e. The van der Waals surface area contributed by atoms with Crippen LogP contribution in [0.15, 0.2) is 0 Å². The Labute approximate surface area is 48.0 Å². The molecule has 0 aromatic rings. The molecule has 0 bridgehead atoms. The number of esters is 1. The Hall–Kier alpha value is -0.570. The van der Waals surface area contributed by atoms with Gasteiger partial charge in [-0.05, 0) is 0 Å². The van der Waals surface area contributed by atoms with Crippen LogP contribution in [0.4, 0.5) is 0 Å². The van der Waals surface area contributed by atoms with E-state index in [0.29, 0.717) is 0 Å². The van der Waals surface area contributed by atoms with Crippen molar-refractivity contribution in [2.75, 3.05) is 20.2 Å². The number of nitrogens with two attached hydrogens (primary N) is 1. The van der Waals surface area contributed by atoms with Crippen LogP contribution in [0.5, 0.6) is 0 Å². The van der Waals surface area contributed by atoms with Crippen LogP contribution in [0, 0.1) is 5.92 Å². The fourth-order valence-electron chi connectivity index (χ4n) is 0.692. The lowest BCUT2D eigenvalue weighted by Crippen LogP contribution is -2.97. The van der Waals surface area contributed by atoms with Crippen molar-refractivity contribution in [3.63, 3.8) is 0 Å². The molecule has 3 nitrogen and oxygen atoms in total. The molecule has 1 saturated heterocycles. The summed E-state index contributed by atoms with van der Waals surface area (Å²) in [5.41, 5.74) is 0. The van der Waals surface area contributed by atoms with Gasteiger partial charge in [-0.25, -0.2) is 0 Å². The summed E-state index contributed by atoms with van der Waals surface area (Å²) in [5, 5.41) is 2.08. The lowest BCUT2D eigenvalue weighted by Gasteiger charge is -2.19. The van der Waals surface area contributed by atoms with Gasteiger partial charge in [0.1, 0.15) is 0 Å². The minimum Gasteiger partial charge on any atom is -0.468 e. The molecule has 0 atom stereocenters. The number of hydrogen-bond acceptors (Lipinski definition) is 2. The molecule has 0 unspecified atom stereocenters. The van der Waals surface area contributed by atoms with Gasteiger partial charge in [-0.15, -0.1) is 0 Å². The summed E-state index contributed by atoms with van der Waals surface area (Å²) >= 11 is 0. The summed E-state index contributed by atoms with van der Waals surface area (Å²) < 4.78 is 4.50. The molecule has 1 fully saturated rings. The Morgan fingerprint density at radius 2 is 2.38 bits per heavy atom. The van der Waals surface area contributed by atoms with Gasteiger partial charge in [-0.3, -0.25) is 4.79 Å². The number of methoxy groups -OCH3 is 1. The summed E-state index contributed by atoms with van der Waals surface area (Å²) in [6.45, 7) is 1.82. The molecule has 1 aliphatic heterocycles. The van der Waals surface area contributed by atoms with Gasteiger partial charge in [0.05, 0.1) is 20.2 Å². The van der Waals surface area contributed by atoms with Gasteiger partial charge < -0.3 is 10.1 Å². The van der Waals surface area contributed by atoms with E-state index in [2.05, 4.69) is 10.1 Å². The van der Waals surface area contributed by atoms with E-state index in [1.165, 1.54) is 7.11 Å². The number of carbonyl (C=O) groups excluding carboxylic acids is 1.